The van der Waals surface area contributed by atoms with Crippen LogP contribution in [0.2, 0.25) is 5.54 Å². The van der Waals surface area contributed by atoms with Crippen molar-refractivity contribution in [1.29, 1.82) is 0 Å². The zero-order valence-electron chi connectivity index (χ0n) is 11.3. The van der Waals surface area contributed by atoms with Crippen molar-refractivity contribution in [2.45, 2.75) is 64.0 Å². The summed E-state index contributed by atoms with van der Waals surface area (Å²) in [6.45, 7) is 6.20. The molecule has 1 rings (SSSR count). The third kappa shape index (κ3) is 3.55. The second-order valence-electron chi connectivity index (χ2n) is 5.56. The number of rotatable bonds is 4. The van der Waals surface area contributed by atoms with Crippen molar-refractivity contribution in [2.24, 2.45) is 0 Å². The fraction of sp³-hybridized carbons (Fsp3) is 1.00. The lowest BCUT2D eigenvalue weighted by atomic mass is 10.0. The second-order valence-corrected chi connectivity index (χ2v) is 8.61. The summed E-state index contributed by atoms with van der Waals surface area (Å²) in [5.74, 6) is 0. The SMILES string of the molecule is CO[Si](OC)(OC(C)(C)C)C1CCCCC1. The summed E-state index contributed by atoms with van der Waals surface area (Å²) in [4.78, 5) is 0. The van der Waals surface area contributed by atoms with Crippen molar-refractivity contribution in [3.63, 3.8) is 0 Å². The van der Waals surface area contributed by atoms with Crippen LogP contribution in [0.1, 0.15) is 52.9 Å². The molecule has 0 aliphatic heterocycles. The number of hydrogen-bond donors (Lipinski definition) is 0. The molecule has 1 fully saturated rings. The largest absolute Gasteiger partial charge is 0.504 e. The Labute approximate surface area is 101 Å². The summed E-state index contributed by atoms with van der Waals surface area (Å²) < 4.78 is 17.6. The fourth-order valence-electron chi connectivity index (χ4n) is 2.47. The molecule has 0 unspecified atom stereocenters. The highest BCUT2D eigenvalue weighted by atomic mass is 28.4. The van der Waals surface area contributed by atoms with Crippen molar-refractivity contribution in [2.75, 3.05) is 14.2 Å². The highest BCUT2D eigenvalue weighted by Gasteiger charge is 2.50. The lowest BCUT2D eigenvalue weighted by molar-refractivity contribution is 0.00605. The summed E-state index contributed by atoms with van der Waals surface area (Å²) in [6, 6.07) is 0. The molecule has 96 valence electrons. The van der Waals surface area contributed by atoms with Crippen LogP contribution in [-0.4, -0.2) is 28.6 Å². The molecule has 0 spiro atoms. The molecule has 0 saturated heterocycles. The van der Waals surface area contributed by atoms with Crippen LogP contribution in [0.15, 0.2) is 0 Å². The third-order valence-electron chi connectivity index (χ3n) is 3.12. The zero-order chi connectivity index (χ0) is 12.2. The molecule has 4 heteroatoms. The van der Waals surface area contributed by atoms with E-state index in [0.717, 1.165) is 0 Å². The van der Waals surface area contributed by atoms with Crippen LogP contribution >= 0.6 is 0 Å². The van der Waals surface area contributed by atoms with Gasteiger partial charge in [0.1, 0.15) is 0 Å². The van der Waals surface area contributed by atoms with E-state index in [4.69, 9.17) is 13.3 Å². The van der Waals surface area contributed by atoms with Gasteiger partial charge < -0.3 is 13.3 Å². The van der Waals surface area contributed by atoms with Gasteiger partial charge in [0, 0.05) is 19.8 Å². The Morgan fingerprint density at radius 3 is 1.81 bits per heavy atom. The van der Waals surface area contributed by atoms with Crippen LogP contribution in [0, 0.1) is 0 Å². The van der Waals surface area contributed by atoms with E-state index in [1.54, 1.807) is 14.2 Å². The molecule has 0 N–H and O–H groups in total. The van der Waals surface area contributed by atoms with Crippen molar-refractivity contribution < 1.29 is 13.3 Å². The van der Waals surface area contributed by atoms with Gasteiger partial charge in [0.25, 0.3) is 0 Å². The molecule has 3 nitrogen and oxygen atoms in total. The van der Waals surface area contributed by atoms with Gasteiger partial charge in [-0.3, -0.25) is 0 Å². The molecule has 0 bridgehead atoms. The summed E-state index contributed by atoms with van der Waals surface area (Å²) in [5, 5.41) is 0. The van der Waals surface area contributed by atoms with Gasteiger partial charge in [0.15, 0.2) is 0 Å². The van der Waals surface area contributed by atoms with Crippen LogP contribution in [0.3, 0.4) is 0 Å². The lowest BCUT2D eigenvalue weighted by Gasteiger charge is -2.40. The Morgan fingerprint density at radius 2 is 1.44 bits per heavy atom. The number of hydrogen-bond acceptors (Lipinski definition) is 3. The van der Waals surface area contributed by atoms with Crippen molar-refractivity contribution >= 4 is 8.80 Å². The Bertz CT molecular complexity index is 203. The quantitative estimate of drug-likeness (QED) is 0.712. The minimum absolute atomic E-state index is 0.199. The normalized spacial score (nSPS) is 20.1. The molecule has 1 saturated carbocycles. The van der Waals surface area contributed by atoms with E-state index in [1.165, 1.54) is 32.1 Å². The molecule has 0 atom stereocenters. The molecule has 0 amide bonds. The summed E-state index contributed by atoms with van der Waals surface area (Å²) in [6.07, 6.45) is 6.26. The van der Waals surface area contributed by atoms with E-state index in [2.05, 4.69) is 20.8 Å². The Morgan fingerprint density at radius 1 is 0.938 bits per heavy atom. The monoisotopic (exact) mass is 246 g/mol. The molecule has 1 aliphatic carbocycles. The van der Waals surface area contributed by atoms with Gasteiger partial charge in [0.05, 0.1) is 5.60 Å². The third-order valence-corrected chi connectivity index (χ3v) is 6.73. The second kappa shape index (κ2) is 5.62. The average molecular weight is 246 g/mol. The van der Waals surface area contributed by atoms with Crippen molar-refractivity contribution in [1.82, 2.24) is 0 Å². The van der Waals surface area contributed by atoms with Gasteiger partial charge in [-0.05, 0) is 33.6 Å². The van der Waals surface area contributed by atoms with Crippen LogP contribution in [0.4, 0.5) is 0 Å². The maximum Gasteiger partial charge on any atom is 0.504 e. The standard InChI is InChI=1S/C12H26O3Si/c1-12(2,3)15-16(13-4,14-5)11-9-7-6-8-10-11/h11H,6-10H2,1-5H3. The van der Waals surface area contributed by atoms with Gasteiger partial charge in [-0.2, -0.15) is 0 Å². The first kappa shape index (κ1) is 14.2. The first-order valence-corrected chi connectivity index (χ1v) is 8.04. The first-order valence-electron chi connectivity index (χ1n) is 6.24. The Balaban J connectivity index is 2.76. The average Bonchev–Trinajstić information content (AvgIpc) is 2.26. The molecule has 16 heavy (non-hydrogen) atoms. The Hall–Kier alpha value is 0.0969. The van der Waals surface area contributed by atoms with E-state index in [1.807, 2.05) is 0 Å². The smallest absolute Gasteiger partial charge is 0.377 e. The predicted octanol–water partition coefficient (Wildman–Crippen LogP) is 3.37. The van der Waals surface area contributed by atoms with E-state index in [-0.39, 0.29) is 5.60 Å². The topological polar surface area (TPSA) is 27.7 Å². The molecule has 0 aromatic rings. The van der Waals surface area contributed by atoms with E-state index >= 15 is 0 Å². The van der Waals surface area contributed by atoms with Crippen LogP contribution in [0.25, 0.3) is 0 Å². The summed E-state index contributed by atoms with van der Waals surface area (Å²) >= 11 is 0. The summed E-state index contributed by atoms with van der Waals surface area (Å²) in [5.41, 5.74) is 0.283. The molecule has 0 aromatic heterocycles. The predicted molar refractivity (Wildman–Crippen MR) is 67.4 cm³/mol. The Kier molecular flexibility index (Phi) is 4.98. The highest BCUT2D eigenvalue weighted by molar-refractivity contribution is 6.62. The molecule has 0 heterocycles. The fourth-order valence-corrected chi connectivity index (χ4v) is 5.60. The van der Waals surface area contributed by atoms with Crippen LogP contribution < -0.4 is 0 Å². The maximum atomic E-state index is 6.16. The molecular formula is C12H26O3Si. The minimum atomic E-state index is -2.48. The van der Waals surface area contributed by atoms with Crippen LogP contribution in [-0.2, 0) is 13.3 Å². The molecule has 0 aromatic carbocycles. The van der Waals surface area contributed by atoms with Gasteiger partial charge in [0.2, 0.25) is 0 Å². The molecular weight excluding hydrogens is 220 g/mol. The van der Waals surface area contributed by atoms with Gasteiger partial charge >= 0.3 is 8.80 Å². The maximum absolute atomic E-state index is 6.16. The summed E-state index contributed by atoms with van der Waals surface area (Å²) in [7, 11) is 0.986. The molecule has 0 radical (unpaired) electrons. The van der Waals surface area contributed by atoms with Crippen LogP contribution in [0.5, 0.6) is 0 Å². The van der Waals surface area contributed by atoms with Gasteiger partial charge in [-0.15, -0.1) is 0 Å². The first-order chi connectivity index (χ1) is 7.43. The molecule has 1 aliphatic rings. The minimum Gasteiger partial charge on any atom is -0.377 e. The van der Waals surface area contributed by atoms with Crippen molar-refractivity contribution in [3.05, 3.63) is 0 Å². The van der Waals surface area contributed by atoms with Crippen molar-refractivity contribution in [3.8, 4) is 0 Å². The lowest BCUT2D eigenvalue weighted by Crippen LogP contribution is -2.53. The van der Waals surface area contributed by atoms with Gasteiger partial charge in [-0.25, -0.2) is 0 Å². The van der Waals surface area contributed by atoms with E-state index in [9.17, 15) is 0 Å². The van der Waals surface area contributed by atoms with E-state index < -0.39 is 8.80 Å². The van der Waals surface area contributed by atoms with E-state index in [0.29, 0.717) is 5.54 Å². The van der Waals surface area contributed by atoms with Gasteiger partial charge in [-0.1, -0.05) is 19.3 Å². The highest BCUT2D eigenvalue weighted by Crippen LogP contribution is 2.39. The zero-order valence-corrected chi connectivity index (χ0v) is 12.3.